The number of benzene rings is 1. The summed E-state index contributed by atoms with van der Waals surface area (Å²) in [6, 6.07) is 7.59. The second-order valence-electron chi connectivity index (χ2n) is 7.67. The SMILES string of the molecule is CNN(Cc1ccccc1Cl)c1nc(OC2CCC2)nc(N2CCC(F)(F)C2)c1N. The van der Waals surface area contributed by atoms with Crippen LogP contribution in [-0.4, -0.2) is 42.1 Å². The normalized spacial score (nSPS) is 18.3. The Morgan fingerprint density at radius 2 is 2.10 bits per heavy atom. The third kappa shape index (κ3) is 4.37. The highest BCUT2D eigenvalue weighted by atomic mass is 35.5. The van der Waals surface area contributed by atoms with Crippen LogP contribution in [-0.2, 0) is 6.54 Å². The van der Waals surface area contributed by atoms with Crippen LogP contribution < -0.4 is 25.8 Å². The Bertz CT molecular complexity index is 911. The number of nitrogens with two attached hydrogens (primary N) is 1. The van der Waals surface area contributed by atoms with Crippen LogP contribution in [0.5, 0.6) is 6.01 Å². The maximum atomic E-state index is 13.8. The highest BCUT2D eigenvalue weighted by Gasteiger charge is 2.40. The number of rotatable bonds is 7. The summed E-state index contributed by atoms with van der Waals surface area (Å²) in [5.74, 6) is -2.13. The minimum atomic E-state index is -2.77. The molecule has 0 amide bonds. The first-order valence-corrected chi connectivity index (χ1v) is 10.4. The molecule has 2 heterocycles. The molecule has 0 atom stereocenters. The number of alkyl halides is 2. The van der Waals surface area contributed by atoms with Crippen molar-refractivity contribution in [1.82, 2.24) is 15.4 Å². The summed E-state index contributed by atoms with van der Waals surface area (Å²) in [7, 11) is 1.73. The van der Waals surface area contributed by atoms with Gasteiger partial charge in [-0.1, -0.05) is 29.8 Å². The lowest BCUT2D eigenvalue weighted by Gasteiger charge is -2.29. The van der Waals surface area contributed by atoms with Crippen molar-refractivity contribution in [2.45, 2.75) is 44.3 Å². The average Bonchev–Trinajstić information content (AvgIpc) is 3.05. The summed E-state index contributed by atoms with van der Waals surface area (Å²) in [5, 5.41) is 2.32. The molecule has 0 radical (unpaired) electrons. The molecule has 2 aliphatic rings. The van der Waals surface area contributed by atoms with Gasteiger partial charge in [-0.25, -0.2) is 14.2 Å². The van der Waals surface area contributed by atoms with E-state index in [-0.39, 0.29) is 36.6 Å². The number of hydrogen-bond donors (Lipinski definition) is 2. The van der Waals surface area contributed by atoms with Crippen LogP contribution >= 0.6 is 11.6 Å². The lowest BCUT2D eigenvalue weighted by molar-refractivity contribution is 0.0256. The Morgan fingerprint density at radius 3 is 2.70 bits per heavy atom. The van der Waals surface area contributed by atoms with Crippen LogP contribution in [0, 0.1) is 0 Å². The Balaban J connectivity index is 1.70. The summed E-state index contributed by atoms with van der Waals surface area (Å²) >= 11 is 6.31. The predicted octanol–water partition coefficient (Wildman–Crippen LogP) is 3.63. The summed E-state index contributed by atoms with van der Waals surface area (Å²) in [5.41, 5.74) is 10.5. The predicted molar refractivity (Wildman–Crippen MR) is 113 cm³/mol. The van der Waals surface area contributed by atoms with Gasteiger partial charge in [0.2, 0.25) is 0 Å². The number of ether oxygens (including phenoxy) is 1. The summed E-state index contributed by atoms with van der Waals surface area (Å²) in [6.07, 6.45) is 2.75. The van der Waals surface area contributed by atoms with Gasteiger partial charge < -0.3 is 15.4 Å². The van der Waals surface area contributed by atoms with Crippen molar-refractivity contribution in [1.29, 1.82) is 0 Å². The van der Waals surface area contributed by atoms with Crippen molar-refractivity contribution in [2.24, 2.45) is 0 Å². The Morgan fingerprint density at radius 1 is 1.33 bits per heavy atom. The molecule has 7 nitrogen and oxygen atoms in total. The highest BCUT2D eigenvalue weighted by Crippen LogP contribution is 2.38. The molecule has 1 aliphatic carbocycles. The van der Waals surface area contributed by atoms with Crippen molar-refractivity contribution in [3.8, 4) is 6.01 Å². The first-order valence-electron chi connectivity index (χ1n) is 10.0. The second kappa shape index (κ2) is 8.39. The van der Waals surface area contributed by atoms with E-state index in [1.165, 1.54) is 4.90 Å². The van der Waals surface area contributed by atoms with Crippen LogP contribution in [0.1, 0.15) is 31.2 Å². The van der Waals surface area contributed by atoms with Gasteiger partial charge >= 0.3 is 6.01 Å². The molecule has 1 aliphatic heterocycles. The van der Waals surface area contributed by atoms with Crippen LogP contribution in [0.3, 0.4) is 0 Å². The van der Waals surface area contributed by atoms with Gasteiger partial charge in [0.1, 0.15) is 11.8 Å². The number of nitrogens with one attached hydrogen (secondary N) is 1. The molecule has 0 bridgehead atoms. The molecule has 1 aromatic carbocycles. The van der Waals surface area contributed by atoms with Gasteiger partial charge in [-0.05, 0) is 30.9 Å². The third-order valence-electron chi connectivity index (χ3n) is 5.49. The minimum Gasteiger partial charge on any atom is -0.460 e. The number of hydrogen-bond acceptors (Lipinski definition) is 7. The zero-order valence-corrected chi connectivity index (χ0v) is 17.5. The fourth-order valence-electron chi connectivity index (χ4n) is 3.54. The topological polar surface area (TPSA) is 79.5 Å². The number of hydrazine groups is 1. The van der Waals surface area contributed by atoms with Crippen LogP contribution in [0.15, 0.2) is 24.3 Å². The van der Waals surface area contributed by atoms with Crippen molar-refractivity contribution in [3.05, 3.63) is 34.9 Å². The van der Waals surface area contributed by atoms with Gasteiger partial charge in [-0.15, -0.1) is 0 Å². The highest BCUT2D eigenvalue weighted by molar-refractivity contribution is 6.31. The molecular formula is C20H25ClF2N6O. The van der Waals surface area contributed by atoms with E-state index in [0.717, 1.165) is 24.8 Å². The zero-order chi connectivity index (χ0) is 21.3. The second-order valence-corrected chi connectivity index (χ2v) is 8.07. The van der Waals surface area contributed by atoms with E-state index in [1.54, 1.807) is 18.1 Å². The van der Waals surface area contributed by atoms with Gasteiger partial charge in [0, 0.05) is 25.0 Å². The van der Waals surface area contributed by atoms with Crippen LogP contribution in [0.4, 0.5) is 26.1 Å². The number of nitrogen functional groups attached to an aromatic ring is 1. The first-order chi connectivity index (χ1) is 14.4. The molecule has 162 valence electrons. The fourth-order valence-corrected chi connectivity index (χ4v) is 3.73. The van der Waals surface area contributed by atoms with Gasteiger partial charge in [0.25, 0.3) is 5.92 Å². The van der Waals surface area contributed by atoms with E-state index < -0.39 is 12.5 Å². The largest absolute Gasteiger partial charge is 0.460 e. The Kier molecular flexibility index (Phi) is 5.84. The van der Waals surface area contributed by atoms with E-state index in [9.17, 15) is 8.78 Å². The van der Waals surface area contributed by atoms with Crippen molar-refractivity contribution >= 4 is 28.9 Å². The molecule has 4 rings (SSSR count). The minimum absolute atomic E-state index is 0.0425. The third-order valence-corrected chi connectivity index (χ3v) is 5.86. The smallest absolute Gasteiger partial charge is 0.320 e. The van der Waals surface area contributed by atoms with E-state index >= 15 is 0 Å². The molecule has 1 saturated carbocycles. The lowest BCUT2D eigenvalue weighted by atomic mass is 9.96. The van der Waals surface area contributed by atoms with Gasteiger partial charge in [-0.3, -0.25) is 5.01 Å². The Labute approximate surface area is 179 Å². The van der Waals surface area contributed by atoms with Gasteiger partial charge in [0.15, 0.2) is 11.6 Å². The summed E-state index contributed by atoms with van der Waals surface area (Å²) in [4.78, 5) is 10.4. The summed E-state index contributed by atoms with van der Waals surface area (Å²) < 4.78 is 33.6. The lowest BCUT2D eigenvalue weighted by Crippen LogP contribution is -2.37. The maximum absolute atomic E-state index is 13.8. The molecule has 10 heteroatoms. The van der Waals surface area contributed by atoms with Gasteiger partial charge in [-0.2, -0.15) is 9.97 Å². The van der Waals surface area contributed by atoms with E-state index in [4.69, 9.17) is 22.1 Å². The number of aromatic nitrogens is 2. The molecule has 0 spiro atoms. The fraction of sp³-hybridized carbons (Fsp3) is 0.500. The molecule has 2 fully saturated rings. The molecule has 1 aromatic heterocycles. The first kappa shape index (κ1) is 20.9. The maximum Gasteiger partial charge on any atom is 0.320 e. The monoisotopic (exact) mass is 438 g/mol. The number of nitrogens with zero attached hydrogens (tertiary/aromatic N) is 4. The van der Waals surface area contributed by atoms with Crippen molar-refractivity contribution in [3.63, 3.8) is 0 Å². The van der Waals surface area contributed by atoms with Crippen LogP contribution in [0.2, 0.25) is 5.02 Å². The number of halogens is 3. The standard InChI is InChI=1S/C20H25ClF2N6O/c1-25-29(11-13-5-2-3-8-15(13)21)18-16(24)17(28-10-9-20(22,23)12-28)26-19(27-18)30-14-6-4-7-14/h2-3,5,8,14,25H,4,6-7,9-12,24H2,1H3. The van der Waals surface area contributed by atoms with E-state index in [2.05, 4.69) is 15.4 Å². The summed E-state index contributed by atoms with van der Waals surface area (Å²) in [6.45, 7) is 0.108. The number of anilines is 3. The molecule has 1 saturated heterocycles. The van der Waals surface area contributed by atoms with Crippen molar-refractivity contribution in [2.75, 3.05) is 35.8 Å². The average molecular weight is 439 g/mol. The van der Waals surface area contributed by atoms with Crippen LogP contribution in [0.25, 0.3) is 0 Å². The molecular weight excluding hydrogens is 414 g/mol. The van der Waals surface area contributed by atoms with E-state index in [0.29, 0.717) is 17.4 Å². The van der Waals surface area contributed by atoms with Crippen molar-refractivity contribution < 1.29 is 13.5 Å². The molecule has 2 aromatic rings. The molecule has 30 heavy (non-hydrogen) atoms. The quantitative estimate of drug-likeness (QED) is 0.639. The molecule has 0 unspecified atom stereocenters. The Hall–Kier alpha value is -2.39. The van der Waals surface area contributed by atoms with Gasteiger partial charge in [0.05, 0.1) is 13.1 Å². The molecule has 3 N–H and O–H groups in total. The zero-order valence-electron chi connectivity index (χ0n) is 16.7. The van der Waals surface area contributed by atoms with E-state index in [1.807, 2.05) is 18.2 Å².